The van der Waals surface area contributed by atoms with Crippen LogP contribution in [-0.4, -0.2) is 80.6 Å². The number of para-hydroxylation sites is 1. The van der Waals surface area contributed by atoms with E-state index >= 15 is 0 Å². The average molecular weight is 408 g/mol. The first-order chi connectivity index (χ1) is 14.6. The van der Waals surface area contributed by atoms with Crippen molar-refractivity contribution in [1.82, 2.24) is 29.4 Å². The number of benzene rings is 1. The van der Waals surface area contributed by atoms with Crippen LogP contribution in [0.3, 0.4) is 0 Å². The van der Waals surface area contributed by atoms with Crippen LogP contribution in [0.2, 0.25) is 0 Å². The second-order valence-corrected chi connectivity index (χ2v) is 8.52. The Balaban J connectivity index is 1.32. The zero-order valence-electron chi connectivity index (χ0n) is 17.8. The number of piperidine rings is 1. The summed E-state index contributed by atoms with van der Waals surface area (Å²) in [6.07, 6.45) is 3.49. The lowest BCUT2D eigenvalue weighted by Crippen LogP contribution is -2.52. The van der Waals surface area contributed by atoms with Crippen molar-refractivity contribution in [3.05, 3.63) is 30.1 Å². The molecule has 1 amide bonds. The molecule has 1 aromatic carbocycles. The number of hydrogen-bond donors (Lipinski definition) is 0. The summed E-state index contributed by atoms with van der Waals surface area (Å²) in [7, 11) is 0. The zero-order chi connectivity index (χ0) is 20.7. The van der Waals surface area contributed by atoms with E-state index in [1.54, 1.807) is 0 Å². The van der Waals surface area contributed by atoms with E-state index in [-0.39, 0.29) is 5.91 Å². The summed E-state index contributed by atoms with van der Waals surface area (Å²) in [6, 6.07) is 8.45. The third-order valence-electron chi connectivity index (χ3n) is 6.41. The van der Waals surface area contributed by atoms with Crippen LogP contribution in [0.15, 0.2) is 24.3 Å². The third-order valence-corrected chi connectivity index (χ3v) is 6.41. The number of likely N-dealkylation sites (tertiary alicyclic amines) is 1. The van der Waals surface area contributed by atoms with Gasteiger partial charge in [-0.05, 0) is 45.2 Å². The van der Waals surface area contributed by atoms with Crippen LogP contribution in [0.1, 0.15) is 32.0 Å². The van der Waals surface area contributed by atoms with E-state index in [1.165, 1.54) is 6.42 Å². The molecule has 8 heteroatoms. The van der Waals surface area contributed by atoms with Crippen molar-refractivity contribution >= 4 is 28.4 Å². The first-order valence-electron chi connectivity index (χ1n) is 11.0. The van der Waals surface area contributed by atoms with Crippen molar-refractivity contribution < 1.29 is 4.79 Å². The lowest BCUT2D eigenvalue weighted by Gasteiger charge is -2.38. The van der Waals surface area contributed by atoms with Crippen LogP contribution >= 0.6 is 0 Å². The molecule has 3 aromatic rings. The van der Waals surface area contributed by atoms with Gasteiger partial charge in [0, 0.05) is 44.2 Å². The van der Waals surface area contributed by atoms with E-state index in [9.17, 15) is 4.79 Å². The number of piperazine rings is 1. The minimum atomic E-state index is 0.272. The van der Waals surface area contributed by atoms with Crippen molar-refractivity contribution in [2.24, 2.45) is 0 Å². The Bertz CT molecular complexity index is 1070. The van der Waals surface area contributed by atoms with Gasteiger partial charge in [0.2, 0.25) is 11.9 Å². The SMILES string of the molecule is Cc1nc2c3ccccc3nc(N3CCN(CC(=O)N4CCCCC4C)CC3)n2n1. The number of nitrogens with zero attached hydrogens (tertiary/aromatic N) is 7. The number of carbonyl (C=O) groups excluding carboxylic acids is 1. The van der Waals surface area contributed by atoms with Gasteiger partial charge >= 0.3 is 0 Å². The van der Waals surface area contributed by atoms with Gasteiger partial charge in [0.15, 0.2) is 5.65 Å². The molecule has 1 atom stereocenters. The van der Waals surface area contributed by atoms with Gasteiger partial charge in [-0.15, -0.1) is 5.10 Å². The molecular formula is C22H29N7O. The van der Waals surface area contributed by atoms with E-state index in [0.29, 0.717) is 12.6 Å². The fraction of sp³-hybridized carbons (Fsp3) is 0.545. The molecule has 2 saturated heterocycles. The van der Waals surface area contributed by atoms with Gasteiger partial charge in [0.25, 0.3) is 0 Å². The average Bonchev–Trinajstić information content (AvgIpc) is 3.16. The second-order valence-electron chi connectivity index (χ2n) is 8.52. The number of aryl methyl sites for hydroxylation is 1. The molecule has 8 nitrogen and oxygen atoms in total. The smallest absolute Gasteiger partial charge is 0.236 e. The van der Waals surface area contributed by atoms with Crippen LogP contribution in [0.5, 0.6) is 0 Å². The maximum absolute atomic E-state index is 12.8. The Kier molecular flexibility index (Phi) is 5.02. The number of rotatable bonds is 3. The maximum Gasteiger partial charge on any atom is 0.236 e. The van der Waals surface area contributed by atoms with Crippen LogP contribution < -0.4 is 4.90 Å². The van der Waals surface area contributed by atoms with E-state index in [4.69, 9.17) is 4.98 Å². The highest BCUT2D eigenvalue weighted by Gasteiger charge is 2.27. The molecule has 0 N–H and O–H groups in total. The minimum absolute atomic E-state index is 0.272. The number of amides is 1. The summed E-state index contributed by atoms with van der Waals surface area (Å²) in [5.41, 5.74) is 1.79. The molecule has 2 fully saturated rings. The molecule has 4 heterocycles. The normalized spacial score (nSPS) is 20.9. The van der Waals surface area contributed by atoms with Crippen LogP contribution in [-0.2, 0) is 4.79 Å². The van der Waals surface area contributed by atoms with Crippen molar-refractivity contribution in [2.45, 2.75) is 39.2 Å². The van der Waals surface area contributed by atoms with Gasteiger partial charge < -0.3 is 9.80 Å². The Morgan fingerprint density at radius 3 is 2.67 bits per heavy atom. The van der Waals surface area contributed by atoms with Crippen LogP contribution in [0, 0.1) is 6.92 Å². The van der Waals surface area contributed by atoms with Crippen molar-refractivity contribution in [3.8, 4) is 0 Å². The predicted molar refractivity (Wildman–Crippen MR) is 117 cm³/mol. The second kappa shape index (κ2) is 7.83. The highest BCUT2D eigenvalue weighted by atomic mass is 16.2. The summed E-state index contributed by atoms with van der Waals surface area (Å²) in [5, 5.41) is 5.62. The van der Waals surface area contributed by atoms with Gasteiger partial charge in [-0.25, -0.2) is 9.97 Å². The number of anilines is 1. The van der Waals surface area contributed by atoms with Gasteiger partial charge in [-0.2, -0.15) is 4.52 Å². The molecule has 0 aliphatic carbocycles. The maximum atomic E-state index is 12.8. The van der Waals surface area contributed by atoms with E-state index < -0.39 is 0 Å². The van der Waals surface area contributed by atoms with Crippen molar-refractivity contribution in [2.75, 3.05) is 44.2 Å². The van der Waals surface area contributed by atoms with Gasteiger partial charge in [-0.3, -0.25) is 9.69 Å². The fourth-order valence-corrected chi connectivity index (χ4v) is 4.71. The Morgan fingerprint density at radius 1 is 1.07 bits per heavy atom. The largest absolute Gasteiger partial charge is 0.339 e. The van der Waals surface area contributed by atoms with Crippen LogP contribution in [0.25, 0.3) is 16.6 Å². The Labute approximate surface area is 176 Å². The molecule has 30 heavy (non-hydrogen) atoms. The highest BCUT2D eigenvalue weighted by molar-refractivity contribution is 5.92. The molecule has 158 valence electrons. The van der Waals surface area contributed by atoms with Crippen molar-refractivity contribution in [1.29, 1.82) is 0 Å². The topological polar surface area (TPSA) is 69.9 Å². The summed E-state index contributed by atoms with van der Waals surface area (Å²) in [6.45, 7) is 8.84. The lowest BCUT2D eigenvalue weighted by atomic mass is 10.0. The summed E-state index contributed by atoms with van der Waals surface area (Å²) >= 11 is 0. The fourth-order valence-electron chi connectivity index (χ4n) is 4.71. The quantitative estimate of drug-likeness (QED) is 0.662. The van der Waals surface area contributed by atoms with E-state index in [2.05, 4.69) is 31.7 Å². The molecule has 5 rings (SSSR count). The standard InChI is InChI=1S/C22H29N7O/c1-16-7-5-6-10-28(16)20(30)15-26-11-13-27(14-12-26)22-24-19-9-4-3-8-18(19)21-23-17(2)25-29(21)22/h3-4,8-9,16H,5-7,10-15H2,1-2H3. The summed E-state index contributed by atoms with van der Waals surface area (Å²) in [4.78, 5) is 28.9. The first-order valence-corrected chi connectivity index (χ1v) is 11.0. The summed E-state index contributed by atoms with van der Waals surface area (Å²) in [5.74, 6) is 1.85. The summed E-state index contributed by atoms with van der Waals surface area (Å²) < 4.78 is 1.87. The number of aromatic nitrogens is 4. The molecule has 1 unspecified atom stereocenters. The molecule has 0 bridgehead atoms. The van der Waals surface area contributed by atoms with Gasteiger partial charge in [-0.1, -0.05) is 12.1 Å². The Morgan fingerprint density at radius 2 is 1.87 bits per heavy atom. The molecule has 2 aliphatic rings. The lowest BCUT2D eigenvalue weighted by molar-refractivity contribution is -0.135. The van der Waals surface area contributed by atoms with E-state index in [1.807, 2.05) is 35.7 Å². The van der Waals surface area contributed by atoms with Gasteiger partial charge in [0.05, 0.1) is 12.1 Å². The first kappa shape index (κ1) is 19.2. The number of carbonyl (C=O) groups is 1. The zero-order valence-corrected chi connectivity index (χ0v) is 17.8. The molecule has 0 spiro atoms. The minimum Gasteiger partial charge on any atom is -0.339 e. The number of hydrogen-bond acceptors (Lipinski definition) is 6. The van der Waals surface area contributed by atoms with Crippen molar-refractivity contribution in [3.63, 3.8) is 0 Å². The Hall–Kier alpha value is -2.74. The van der Waals surface area contributed by atoms with Gasteiger partial charge in [0.1, 0.15) is 5.82 Å². The molecular weight excluding hydrogens is 378 g/mol. The molecule has 2 aliphatic heterocycles. The number of fused-ring (bicyclic) bond motifs is 3. The molecule has 0 radical (unpaired) electrons. The molecule has 2 aromatic heterocycles. The third kappa shape index (κ3) is 3.49. The highest BCUT2D eigenvalue weighted by Crippen LogP contribution is 2.23. The monoisotopic (exact) mass is 407 g/mol. The molecule has 0 saturated carbocycles. The predicted octanol–water partition coefficient (Wildman–Crippen LogP) is 2.11. The van der Waals surface area contributed by atoms with E-state index in [0.717, 1.165) is 73.9 Å². The van der Waals surface area contributed by atoms with Crippen LogP contribution in [0.4, 0.5) is 5.95 Å².